The number of ether oxygens (including phenoxy) is 4. The van der Waals surface area contributed by atoms with Crippen LogP contribution in [0, 0.1) is 10.1 Å². The molecule has 0 atom stereocenters. The summed E-state index contributed by atoms with van der Waals surface area (Å²) in [5.41, 5.74) is 0.597. The Balaban J connectivity index is 1.82. The van der Waals surface area contributed by atoms with Crippen LogP contribution < -0.4 is 9.47 Å². The average molecular weight is 413 g/mol. The van der Waals surface area contributed by atoms with Gasteiger partial charge in [0, 0.05) is 19.9 Å². The first-order valence-corrected chi connectivity index (χ1v) is 8.91. The van der Waals surface area contributed by atoms with Gasteiger partial charge in [-0.1, -0.05) is 18.2 Å². The molecule has 3 rings (SSSR count). The van der Waals surface area contributed by atoms with Gasteiger partial charge in [-0.25, -0.2) is 9.59 Å². The highest BCUT2D eigenvalue weighted by molar-refractivity contribution is 6.18. The van der Waals surface area contributed by atoms with Crippen LogP contribution in [-0.2, 0) is 25.7 Å². The summed E-state index contributed by atoms with van der Waals surface area (Å²) in [7, 11) is 1.43. The zero-order valence-corrected chi connectivity index (χ0v) is 16.5. The topological polar surface area (TPSA) is 114 Å². The highest BCUT2D eigenvalue weighted by atomic mass is 16.7. The normalized spacial score (nSPS) is 15.1. The number of hydrogen-bond donors (Lipinski definition) is 0. The number of nitro groups is 1. The van der Waals surface area contributed by atoms with Gasteiger partial charge in [-0.3, -0.25) is 10.1 Å². The van der Waals surface area contributed by atoms with Crippen molar-refractivity contribution in [2.75, 3.05) is 7.11 Å². The maximum absolute atomic E-state index is 12.1. The van der Waals surface area contributed by atoms with Crippen LogP contribution in [0.1, 0.15) is 25.0 Å². The average Bonchev–Trinajstić information content (AvgIpc) is 2.69. The van der Waals surface area contributed by atoms with Gasteiger partial charge in [-0.05, 0) is 29.8 Å². The van der Waals surface area contributed by atoms with Gasteiger partial charge in [0.2, 0.25) is 0 Å². The number of esters is 2. The van der Waals surface area contributed by atoms with E-state index in [1.807, 2.05) is 0 Å². The monoisotopic (exact) mass is 413 g/mol. The molecule has 0 aromatic heterocycles. The molecule has 9 nitrogen and oxygen atoms in total. The minimum Gasteiger partial charge on any atom is -0.493 e. The minimum atomic E-state index is -1.32. The maximum Gasteiger partial charge on any atom is 0.348 e. The Morgan fingerprint density at radius 2 is 1.73 bits per heavy atom. The van der Waals surface area contributed by atoms with Crippen molar-refractivity contribution in [3.63, 3.8) is 0 Å². The number of carbonyl (C=O) groups is 2. The second-order valence-electron chi connectivity index (χ2n) is 6.82. The van der Waals surface area contributed by atoms with Gasteiger partial charge in [-0.15, -0.1) is 0 Å². The number of nitro benzene ring substituents is 1. The number of nitrogens with zero attached hydrogens (tertiary/aromatic N) is 1. The molecule has 9 heteroatoms. The number of cyclic esters (lactones) is 2. The van der Waals surface area contributed by atoms with E-state index in [9.17, 15) is 19.7 Å². The first-order valence-electron chi connectivity index (χ1n) is 8.91. The Morgan fingerprint density at radius 3 is 2.37 bits per heavy atom. The van der Waals surface area contributed by atoms with Gasteiger partial charge in [0.25, 0.3) is 11.5 Å². The van der Waals surface area contributed by atoms with Gasteiger partial charge in [0.05, 0.1) is 17.6 Å². The van der Waals surface area contributed by atoms with Gasteiger partial charge < -0.3 is 18.9 Å². The highest BCUT2D eigenvalue weighted by Gasteiger charge is 2.38. The molecule has 0 aliphatic carbocycles. The van der Waals surface area contributed by atoms with Crippen LogP contribution in [0.2, 0.25) is 0 Å². The predicted molar refractivity (Wildman–Crippen MR) is 105 cm³/mol. The van der Waals surface area contributed by atoms with Crippen molar-refractivity contribution in [1.82, 2.24) is 0 Å². The van der Waals surface area contributed by atoms with Crippen LogP contribution in [0.3, 0.4) is 0 Å². The Kier molecular flexibility index (Phi) is 5.72. The molecule has 1 heterocycles. The number of para-hydroxylation sites is 1. The molecule has 2 aromatic carbocycles. The number of methoxy groups -OCH3 is 1. The first-order chi connectivity index (χ1) is 14.2. The van der Waals surface area contributed by atoms with Crippen molar-refractivity contribution in [2.24, 2.45) is 0 Å². The van der Waals surface area contributed by atoms with E-state index < -0.39 is 22.6 Å². The molecular formula is C21H19NO8. The Labute approximate surface area is 172 Å². The zero-order valence-electron chi connectivity index (χ0n) is 16.5. The van der Waals surface area contributed by atoms with Gasteiger partial charge in [-0.2, -0.15) is 0 Å². The zero-order chi connectivity index (χ0) is 21.9. The standard InChI is InChI=1S/C21H19NO8/c1-21(2)29-19(23)15(20(24)30-21)10-13-8-9-17(18(11-13)27-3)28-12-14-6-4-5-7-16(14)22(25)26/h4-11H,12H2,1-3H3. The molecule has 0 N–H and O–H groups in total. The van der Waals surface area contributed by atoms with Crippen LogP contribution in [0.4, 0.5) is 5.69 Å². The molecule has 0 spiro atoms. The molecule has 1 aliphatic rings. The van der Waals surface area contributed by atoms with E-state index in [0.717, 1.165) is 0 Å². The van der Waals surface area contributed by atoms with E-state index in [1.54, 1.807) is 36.4 Å². The molecule has 2 aromatic rings. The Morgan fingerprint density at radius 1 is 1.07 bits per heavy atom. The quantitative estimate of drug-likeness (QED) is 0.233. The van der Waals surface area contributed by atoms with Crippen LogP contribution in [-0.4, -0.2) is 29.8 Å². The van der Waals surface area contributed by atoms with Gasteiger partial charge in [0.1, 0.15) is 12.2 Å². The Bertz CT molecular complexity index is 1020. The molecule has 1 fully saturated rings. The number of rotatable bonds is 6. The van der Waals surface area contributed by atoms with E-state index in [0.29, 0.717) is 22.6 Å². The van der Waals surface area contributed by atoms with E-state index in [4.69, 9.17) is 18.9 Å². The third kappa shape index (κ3) is 4.57. The summed E-state index contributed by atoms with van der Waals surface area (Å²) in [5, 5.41) is 11.1. The van der Waals surface area contributed by atoms with Crippen LogP contribution in [0.5, 0.6) is 11.5 Å². The van der Waals surface area contributed by atoms with E-state index in [1.165, 1.54) is 33.1 Å². The van der Waals surface area contributed by atoms with E-state index in [2.05, 4.69) is 0 Å². The van der Waals surface area contributed by atoms with Gasteiger partial charge in [0.15, 0.2) is 11.5 Å². The molecule has 1 saturated heterocycles. The van der Waals surface area contributed by atoms with E-state index >= 15 is 0 Å². The number of benzene rings is 2. The van der Waals surface area contributed by atoms with Crippen molar-refractivity contribution in [2.45, 2.75) is 26.2 Å². The fraction of sp³-hybridized carbons (Fsp3) is 0.238. The molecule has 0 bridgehead atoms. The first kappa shape index (κ1) is 20.8. The molecular weight excluding hydrogens is 394 g/mol. The largest absolute Gasteiger partial charge is 0.493 e. The predicted octanol–water partition coefficient (Wildman–Crippen LogP) is 3.40. The molecule has 1 aliphatic heterocycles. The minimum absolute atomic E-state index is 0.0400. The van der Waals surface area contributed by atoms with Crippen molar-refractivity contribution in [3.8, 4) is 11.5 Å². The summed E-state index contributed by atoms with van der Waals surface area (Å²) < 4.78 is 21.1. The Hall–Kier alpha value is -3.88. The maximum atomic E-state index is 12.1. The van der Waals surface area contributed by atoms with Crippen molar-refractivity contribution >= 4 is 23.7 Å². The fourth-order valence-corrected chi connectivity index (χ4v) is 2.80. The van der Waals surface area contributed by atoms with Gasteiger partial charge >= 0.3 is 11.9 Å². The molecule has 0 saturated carbocycles. The molecule has 0 radical (unpaired) electrons. The van der Waals surface area contributed by atoms with Crippen molar-refractivity contribution in [3.05, 3.63) is 69.3 Å². The summed E-state index contributed by atoms with van der Waals surface area (Å²) in [5.74, 6) is -2.23. The number of carbonyl (C=O) groups excluding carboxylic acids is 2. The lowest BCUT2D eigenvalue weighted by atomic mass is 10.1. The highest BCUT2D eigenvalue weighted by Crippen LogP contribution is 2.31. The summed E-state index contributed by atoms with van der Waals surface area (Å²) in [6, 6.07) is 11.0. The van der Waals surface area contributed by atoms with Crippen LogP contribution in [0.25, 0.3) is 6.08 Å². The van der Waals surface area contributed by atoms with Crippen molar-refractivity contribution in [1.29, 1.82) is 0 Å². The summed E-state index contributed by atoms with van der Waals surface area (Å²) in [6.07, 6.45) is 1.33. The lowest BCUT2D eigenvalue weighted by molar-refractivity contribution is -0.385. The third-order valence-corrected chi connectivity index (χ3v) is 4.19. The molecule has 0 amide bonds. The second-order valence-corrected chi connectivity index (χ2v) is 6.82. The lowest BCUT2D eigenvalue weighted by Gasteiger charge is -2.29. The SMILES string of the molecule is COc1cc(C=C2C(=O)OC(C)(C)OC2=O)ccc1OCc1ccccc1[N+](=O)[O-]. The van der Waals surface area contributed by atoms with Crippen LogP contribution in [0.15, 0.2) is 48.0 Å². The second kappa shape index (κ2) is 8.24. The summed E-state index contributed by atoms with van der Waals surface area (Å²) >= 11 is 0. The van der Waals surface area contributed by atoms with E-state index in [-0.39, 0.29) is 17.9 Å². The third-order valence-electron chi connectivity index (χ3n) is 4.19. The molecule has 30 heavy (non-hydrogen) atoms. The summed E-state index contributed by atoms with van der Waals surface area (Å²) in [4.78, 5) is 34.8. The van der Waals surface area contributed by atoms with Crippen molar-refractivity contribution < 1.29 is 33.5 Å². The molecule has 0 unspecified atom stereocenters. The smallest absolute Gasteiger partial charge is 0.348 e. The number of hydrogen-bond acceptors (Lipinski definition) is 8. The lowest BCUT2D eigenvalue weighted by Crippen LogP contribution is -2.41. The molecule has 156 valence electrons. The fourth-order valence-electron chi connectivity index (χ4n) is 2.80. The van der Waals surface area contributed by atoms with Crippen LogP contribution >= 0.6 is 0 Å². The summed E-state index contributed by atoms with van der Waals surface area (Å²) in [6.45, 7) is 2.89.